The molecule has 0 amide bonds. The highest BCUT2D eigenvalue weighted by Gasteiger charge is 2.27. The first-order valence-electron chi connectivity index (χ1n) is 4.67. The van der Waals surface area contributed by atoms with E-state index in [0.717, 1.165) is 0 Å². The zero-order valence-corrected chi connectivity index (χ0v) is 9.17. The molecule has 1 heterocycles. The molecule has 0 atom stereocenters. The highest BCUT2D eigenvalue weighted by Crippen LogP contribution is 2.32. The minimum absolute atomic E-state index is 0.348. The number of aliphatic hydroxyl groups is 1. The zero-order valence-electron chi connectivity index (χ0n) is 8.42. The Hall–Kier alpha value is -0.800. The molecule has 1 rings (SSSR count). The van der Waals surface area contributed by atoms with Gasteiger partial charge in [0.25, 0.3) is 0 Å². The van der Waals surface area contributed by atoms with Gasteiger partial charge in [0.15, 0.2) is 0 Å². The van der Waals surface area contributed by atoms with Crippen LogP contribution in [0.5, 0.6) is 0 Å². The number of nitrogens with zero attached hydrogens (tertiary/aromatic N) is 1. The predicted molar refractivity (Wildman–Crippen MR) is 58.1 cm³/mol. The van der Waals surface area contributed by atoms with Gasteiger partial charge < -0.3 is 10.8 Å². The van der Waals surface area contributed by atoms with E-state index in [1.807, 2.05) is 13.8 Å². The van der Waals surface area contributed by atoms with E-state index in [-0.39, 0.29) is 0 Å². The molecule has 1 aromatic rings. The third-order valence-electron chi connectivity index (χ3n) is 2.56. The molecule has 3 nitrogen and oxygen atoms in total. The van der Waals surface area contributed by atoms with Gasteiger partial charge in [-0.25, -0.2) is 4.98 Å². The lowest BCUT2D eigenvalue weighted by atomic mass is 9.89. The van der Waals surface area contributed by atoms with Crippen LogP contribution in [-0.2, 0) is 5.60 Å². The zero-order chi connectivity index (χ0) is 10.8. The van der Waals surface area contributed by atoms with E-state index in [2.05, 4.69) is 4.98 Å². The van der Waals surface area contributed by atoms with Crippen LogP contribution in [0.3, 0.4) is 0 Å². The molecule has 0 aliphatic rings. The van der Waals surface area contributed by atoms with Crippen molar-refractivity contribution in [2.24, 2.45) is 0 Å². The highest BCUT2D eigenvalue weighted by atomic mass is 35.5. The number of pyridine rings is 1. The Kier molecular flexibility index (Phi) is 3.34. The van der Waals surface area contributed by atoms with Gasteiger partial charge in [-0.1, -0.05) is 25.4 Å². The lowest BCUT2D eigenvalue weighted by Gasteiger charge is -2.26. The Morgan fingerprint density at radius 3 is 2.57 bits per heavy atom. The molecule has 1 aromatic heterocycles. The van der Waals surface area contributed by atoms with Gasteiger partial charge in [0.1, 0.15) is 5.82 Å². The van der Waals surface area contributed by atoms with E-state index in [4.69, 9.17) is 17.3 Å². The summed E-state index contributed by atoms with van der Waals surface area (Å²) >= 11 is 5.81. The first-order chi connectivity index (χ1) is 6.53. The molecule has 0 fully saturated rings. The number of nitrogen functional groups attached to an aromatic ring is 1. The average molecular weight is 215 g/mol. The Balaban J connectivity index is 3.22. The molecule has 0 spiro atoms. The fourth-order valence-corrected chi connectivity index (χ4v) is 1.61. The van der Waals surface area contributed by atoms with Gasteiger partial charge >= 0.3 is 0 Å². The first kappa shape index (κ1) is 11.3. The molecule has 0 aromatic carbocycles. The molecule has 0 saturated carbocycles. The van der Waals surface area contributed by atoms with Gasteiger partial charge in [-0.05, 0) is 18.9 Å². The minimum Gasteiger partial charge on any atom is -0.385 e. The van der Waals surface area contributed by atoms with Crippen molar-refractivity contribution in [3.63, 3.8) is 0 Å². The van der Waals surface area contributed by atoms with Gasteiger partial charge in [-0.15, -0.1) is 0 Å². The maximum Gasteiger partial charge on any atom is 0.129 e. The molecule has 3 N–H and O–H groups in total. The van der Waals surface area contributed by atoms with Crippen LogP contribution in [0.25, 0.3) is 0 Å². The quantitative estimate of drug-likeness (QED) is 0.812. The summed E-state index contributed by atoms with van der Waals surface area (Å²) in [6.07, 6.45) is 2.66. The number of anilines is 1. The summed E-state index contributed by atoms with van der Waals surface area (Å²) in [6, 6.07) is 1.68. The van der Waals surface area contributed by atoms with Gasteiger partial charge in [-0.2, -0.15) is 0 Å². The topological polar surface area (TPSA) is 59.1 Å². The van der Waals surface area contributed by atoms with Crippen LogP contribution in [-0.4, -0.2) is 10.1 Å². The molecule has 0 unspecified atom stereocenters. The molecule has 0 radical (unpaired) electrons. The smallest absolute Gasteiger partial charge is 0.129 e. The molecule has 0 saturated heterocycles. The Morgan fingerprint density at radius 2 is 2.07 bits per heavy atom. The summed E-state index contributed by atoms with van der Waals surface area (Å²) in [5.41, 5.74) is 5.40. The number of rotatable bonds is 3. The second-order valence-electron chi connectivity index (χ2n) is 3.33. The molecular weight excluding hydrogens is 200 g/mol. The van der Waals surface area contributed by atoms with Gasteiger partial charge in [0, 0.05) is 11.8 Å². The summed E-state index contributed by atoms with van der Waals surface area (Å²) in [7, 11) is 0. The van der Waals surface area contributed by atoms with Crippen LogP contribution >= 0.6 is 11.6 Å². The molecule has 78 valence electrons. The normalized spacial score (nSPS) is 11.7. The van der Waals surface area contributed by atoms with Crippen molar-refractivity contribution in [3.05, 3.63) is 22.8 Å². The highest BCUT2D eigenvalue weighted by molar-refractivity contribution is 6.30. The maximum absolute atomic E-state index is 10.2. The molecule has 4 heteroatoms. The third-order valence-corrected chi connectivity index (χ3v) is 2.76. The van der Waals surface area contributed by atoms with Crippen molar-refractivity contribution in [3.8, 4) is 0 Å². The van der Waals surface area contributed by atoms with Crippen molar-refractivity contribution in [1.29, 1.82) is 0 Å². The first-order valence-corrected chi connectivity index (χ1v) is 5.05. The largest absolute Gasteiger partial charge is 0.385 e. The van der Waals surface area contributed by atoms with Crippen molar-refractivity contribution < 1.29 is 5.11 Å². The van der Waals surface area contributed by atoms with E-state index >= 15 is 0 Å². The molecule has 0 aliphatic heterocycles. The van der Waals surface area contributed by atoms with Crippen molar-refractivity contribution in [1.82, 2.24) is 4.98 Å². The summed E-state index contributed by atoms with van der Waals surface area (Å²) in [5.74, 6) is 0.348. The van der Waals surface area contributed by atoms with Crippen LogP contribution in [0.15, 0.2) is 12.3 Å². The van der Waals surface area contributed by atoms with Crippen molar-refractivity contribution in [2.45, 2.75) is 32.3 Å². The lowest BCUT2D eigenvalue weighted by molar-refractivity contribution is 0.0289. The van der Waals surface area contributed by atoms with Gasteiger partial charge in [0.2, 0.25) is 0 Å². The minimum atomic E-state index is -0.915. The summed E-state index contributed by atoms with van der Waals surface area (Å²) in [5, 5.41) is 10.7. The number of hydrogen-bond acceptors (Lipinski definition) is 3. The Labute approximate surface area is 88.9 Å². The monoisotopic (exact) mass is 214 g/mol. The van der Waals surface area contributed by atoms with E-state index in [0.29, 0.717) is 29.2 Å². The number of halogens is 1. The average Bonchev–Trinajstić information content (AvgIpc) is 2.20. The van der Waals surface area contributed by atoms with Crippen LogP contribution in [0.2, 0.25) is 5.02 Å². The number of aromatic nitrogens is 1. The second-order valence-corrected chi connectivity index (χ2v) is 3.76. The fraction of sp³-hybridized carbons (Fsp3) is 0.500. The van der Waals surface area contributed by atoms with Crippen LogP contribution < -0.4 is 5.73 Å². The second kappa shape index (κ2) is 4.15. The van der Waals surface area contributed by atoms with Crippen LogP contribution in [0, 0.1) is 0 Å². The predicted octanol–water partition coefficient (Wildman–Crippen LogP) is 2.32. The standard InChI is InChI=1S/C10H15ClN2O/c1-3-10(14,4-2)8-5-7(11)6-13-9(8)12/h5-6,14H,3-4H2,1-2H3,(H2,12,13). The molecule has 14 heavy (non-hydrogen) atoms. The van der Waals surface area contributed by atoms with Crippen molar-refractivity contribution >= 4 is 17.4 Å². The molecule has 0 aliphatic carbocycles. The third kappa shape index (κ3) is 1.99. The lowest BCUT2D eigenvalue weighted by Crippen LogP contribution is -2.25. The van der Waals surface area contributed by atoms with Crippen molar-refractivity contribution in [2.75, 3.05) is 5.73 Å². The van der Waals surface area contributed by atoms with E-state index in [9.17, 15) is 5.11 Å². The van der Waals surface area contributed by atoms with E-state index in [1.54, 1.807) is 6.07 Å². The Morgan fingerprint density at radius 1 is 1.50 bits per heavy atom. The molecular formula is C10H15ClN2O. The van der Waals surface area contributed by atoms with E-state index in [1.165, 1.54) is 6.20 Å². The number of hydrogen-bond donors (Lipinski definition) is 2. The Bertz CT molecular complexity index is 324. The summed E-state index contributed by atoms with van der Waals surface area (Å²) < 4.78 is 0. The van der Waals surface area contributed by atoms with Crippen LogP contribution in [0.4, 0.5) is 5.82 Å². The summed E-state index contributed by atoms with van der Waals surface area (Å²) in [4.78, 5) is 3.93. The van der Waals surface area contributed by atoms with Gasteiger partial charge in [-0.3, -0.25) is 0 Å². The SMILES string of the molecule is CCC(O)(CC)c1cc(Cl)cnc1N. The molecule has 0 bridgehead atoms. The van der Waals surface area contributed by atoms with Crippen LogP contribution in [0.1, 0.15) is 32.3 Å². The van der Waals surface area contributed by atoms with Gasteiger partial charge in [0.05, 0.1) is 10.6 Å². The maximum atomic E-state index is 10.2. The number of nitrogens with two attached hydrogens (primary N) is 1. The summed E-state index contributed by atoms with van der Waals surface area (Å²) in [6.45, 7) is 3.81. The van der Waals surface area contributed by atoms with E-state index < -0.39 is 5.60 Å². The fourth-order valence-electron chi connectivity index (χ4n) is 1.45.